The molecule has 1 amide bonds. The lowest BCUT2D eigenvalue weighted by Crippen LogP contribution is -2.39. The zero-order valence-corrected chi connectivity index (χ0v) is 19.7. The molecule has 0 saturated heterocycles. The molecule has 0 aromatic heterocycles. The zero-order chi connectivity index (χ0) is 23.5. The number of amides is 1. The summed E-state index contributed by atoms with van der Waals surface area (Å²) in [7, 11) is -1.50. The minimum atomic E-state index is -4.30. The maximum Gasteiger partial charge on any atom is 0.264 e. The van der Waals surface area contributed by atoms with Crippen LogP contribution in [0.2, 0.25) is 5.02 Å². The van der Waals surface area contributed by atoms with E-state index >= 15 is 0 Å². The number of methoxy groups -OCH3 is 2. The summed E-state index contributed by atoms with van der Waals surface area (Å²) >= 11 is 7.50. The third-order valence-electron chi connectivity index (χ3n) is 4.64. The second-order valence-electron chi connectivity index (χ2n) is 6.67. The Labute approximate surface area is 195 Å². The van der Waals surface area contributed by atoms with Crippen LogP contribution in [-0.4, -0.2) is 57.5 Å². The number of carbonyl (C=O) groups is 1. The molecule has 0 radical (unpaired) electrons. The average molecular weight is 500 g/mol. The minimum Gasteiger partial charge on any atom is -0.493 e. The molecular weight excluding hydrogens is 478 g/mol. The molecule has 0 saturated carbocycles. The smallest absolute Gasteiger partial charge is 0.264 e. The van der Waals surface area contributed by atoms with Crippen LogP contribution in [0.1, 0.15) is 11.7 Å². The normalized spacial score (nSPS) is 14.6. The predicted octanol–water partition coefficient (Wildman–Crippen LogP) is 2.22. The SMILES string of the molecule is COc1ccc(S(=O)(=O)N(CC(N)=O)c2ccc(Cl)cc2C(O)C2=NCCS2)cc1OC. The number of benzene rings is 2. The quantitative estimate of drug-likeness (QED) is 0.540. The maximum absolute atomic E-state index is 13.6. The molecule has 1 atom stereocenters. The van der Waals surface area contributed by atoms with Crippen molar-refractivity contribution in [3.63, 3.8) is 0 Å². The number of hydrogen-bond acceptors (Lipinski definition) is 8. The highest BCUT2D eigenvalue weighted by Crippen LogP contribution is 2.37. The lowest BCUT2D eigenvalue weighted by molar-refractivity contribution is -0.116. The highest BCUT2D eigenvalue weighted by molar-refractivity contribution is 8.14. The van der Waals surface area contributed by atoms with Crippen molar-refractivity contribution >= 4 is 50.0 Å². The van der Waals surface area contributed by atoms with Gasteiger partial charge in [0.1, 0.15) is 17.7 Å². The number of halogens is 1. The largest absolute Gasteiger partial charge is 0.493 e. The molecule has 0 fully saturated rings. The van der Waals surface area contributed by atoms with Crippen molar-refractivity contribution in [3.8, 4) is 11.5 Å². The molecule has 0 bridgehead atoms. The van der Waals surface area contributed by atoms with Gasteiger partial charge >= 0.3 is 0 Å². The van der Waals surface area contributed by atoms with E-state index in [9.17, 15) is 18.3 Å². The van der Waals surface area contributed by atoms with E-state index < -0.39 is 28.6 Å². The van der Waals surface area contributed by atoms with Crippen LogP contribution in [0.5, 0.6) is 11.5 Å². The van der Waals surface area contributed by atoms with Gasteiger partial charge in [-0.3, -0.25) is 14.1 Å². The molecule has 12 heteroatoms. The zero-order valence-electron chi connectivity index (χ0n) is 17.3. The lowest BCUT2D eigenvalue weighted by Gasteiger charge is -2.27. The number of carbonyl (C=O) groups excluding carboxylic acids is 1. The maximum atomic E-state index is 13.6. The molecule has 0 aliphatic carbocycles. The second kappa shape index (κ2) is 9.99. The Morgan fingerprint density at radius 2 is 1.97 bits per heavy atom. The Hall–Kier alpha value is -2.47. The van der Waals surface area contributed by atoms with Gasteiger partial charge in [-0.25, -0.2) is 8.42 Å². The van der Waals surface area contributed by atoms with Gasteiger partial charge in [0.15, 0.2) is 11.5 Å². The fourth-order valence-electron chi connectivity index (χ4n) is 3.17. The topological polar surface area (TPSA) is 132 Å². The van der Waals surface area contributed by atoms with E-state index in [-0.39, 0.29) is 26.9 Å². The van der Waals surface area contributed by atoms with Crippen molar-refractivity contribution in [2.45, 2.75) is 11.0 Å². The van der Waals surface area contributed by atoms with Gasteiger partial charge in [-0.15, -0.1) is 11.8 Å². The number of sulfonamides is 1. The van der Waals surface area contributed by atoms with Crippen LogP contribution in [0.4, 0.5) is 5.69 Å². The molecule has 32 heavy (non-hydrogen) atoms. The van der Waals surface area contributed by atoms with Gasteiger partial charge in [-0.1, -0.05) is 11.6 Å². The van der Waals surface area contributed by atoms with Gasteiger partial charge in [0, 0.05) is 29.0 Å². The van der Waals surface area contributed by atoms with Gasteiger partial charge in [-0.2, -0.15) is 0 Å². The van der Waals surface area contributed by atoms with E-state index in [1.165, 1.54) is 62.4 Å². The van der Waals surface area contributed by atoms with Crippen molar-refractivity contribution < 1.29 is 27.8 Å². The van der Waals surface area contributed by atoms with Crippen molar-refractivity contribution in [1.82, 2.24) is 0 Å². The van der Waals surface area contributed by atoms with Gasteiger partial charge in [0.05, 0.1) is 24.8 Å². The van der Waals surface area contributed by atoms with E-state index in [2.05, 4.69) is 4.99 Å². The summed E-state index contributed by atoms with van der Waals surface area (Å²) in [6.07, 6.45) is -1.22. The number of nitrogens with two attached hydrogens (primary N) is 1. The molecule has 1 heterocycles. The Morgan fingerprint density at radius 1 is 1.25 bits per heavy atom. The van der Waals surface area contributed by atoms with Crippen LogP contribution >= 0.6 is 23.4 Å². The highest BCUT2D eigenvalue weighted by Gasteiger charge is 2.32. The van der Waals surface area contributed by atoms with Crippen molar-refractivity contribution in [2.24, 2.45) is 10.7 Å². The first-order valence-electron chi connectivity index (χ1n) is 9.36. The third-order valence-corrected chi connectivity index (χ3v) is 7.66. The summed E-state index contributed by atoms with van der Waals surface area (Å²) in [5.74, 6) is 0.363. The molecule has 2 aromatic rings. The van der Waals surface area contributed by atoms with E-state index in [4.69, 9.17) is 26.8 Å². The number of hydrogen-bond donors (Lipinski definition) is 2. The van der Waals surface area contributed by atoms with E-state index in [1.54, 1.807) is 0 Å². The van der Waals surface area contributed by atoms with Gasteiger partial charge in [-0.05, 0) is 30.3 Å². The second-order valence-corrected chi connectivity index (χ2v) is 10.1. The minimum absolute atomic E-state index is 0.0608. The number of rotatable bonds is 9. The Balaban J connectivity index is 2.16. The Morgan fingerprint density at radius 3 is 2.56 bits per heavy atom. The third kappa shape index (κ3) is 4.96. The standard InChI is InChI=1S/C20H22ClN3O6S2/c1-29-16-6-4-13(10-17(16)30-2)32(27,28)24(11-18(22)25)15-5-3-12(21)9-14(15)19(26)20-23-7-8-31-20/h3-6,9-10,19,26H,7-8,11H2,1-2H3,(H2,22,25). The molecular formula is C20H22ClN3O6S2. The summed E-state index contributed by atoms with van der Waals surface area (Å²) in [6, 6.07) is 8.38. The summed E-state index contributed by atoms with van der Waals surface area (Å²) < 4.78 is 38.4. The Bertz CT molecular complexity index is 1160. The Kier molecular flexibility index (Phi) is 7.55. The van der Waals surface area contributed by atoms with Crippen LogP contribution in [-0.2, 0) is 14.8 Å². The van der Waals surface area contributed by atoms with Gasteiger partial charge in [0.25, 0.3) is 10.0 Å². The van der Waals surface area contributed by atoms with E-state index in [0.29, 0.717) is 23.1 Å². The van der Waals surface area contributed by atoms with E-state index in [0.717, 1.165) is 4.31 Å². The fraction of sp³-hybridized carbons (Fsp3) is 0.300. The number of aliphatic hydroxyl groups excluding tert-OH is 1. The van der Waals surface area contributed by atoms with Crippen LogP contribution < -0.4 is 19.5 Å². The molecule has 1 aliphatic heterocycles. The van der Waals surface area contributed by atoms with Crippen molar-refractivity contribution in [3.05, 3.63) is 47.0 Å². The number of aliphatic imine (C=N–C) groups is 1. The summed E-state index contributed by atoms with van der Waals surface area (Å²) in [5.41, 5.74) is 5.63. The number of anilines is 1. The number of thioether (sulfide) groups is 1. The van der Waals surface area contributed by atoms with Crippen LogP contribution in [0.25, 0.3) is 0 Å². The number of ether oxygens (including phenoxy) is 2. The van der Waals surface area contributed by atoms with Gasteiger partial charge < -0.3 is 20.3 Å². The molecule has 3 rings (SSSR count). The van der Waals surface area contributed by atoms with E-state index in [1.807, 2.05) is 0 Å². The molecule has 1 aliphatic rings. The number of aliphatic hydroxyl groups is 1. The van der Waals surface area contributed by atoms with Crippen molar-refractivity contribution in [2.75, 3.05) is 37.4 Å². The molecule has 0 spiro atoms. The molecule has 9 nitrogen and oxygen atoms in total. The lowest BCUT2D eigenvalue weighted by atomic mass is 10.1. The predicted molar refractivity (Wildman–Crippen MR) is 124 cm³/mol. The number of nitrogens with zero attached hydrogens (tertiary/aromatic N) is 2. The molecule has 172 valence electrons. The van der Waals surface area contributed by atoms with Crippen LogP contribution in [0.3, 0.4) is 0 Å². The summed E-state index contributed by atoms with van der Waals surface area (Å²) in [5, 5.41) is 11.6. The van der Waals surface area contributed by atoms with Crippen molar-refractivity contribution in [1.29, 1.82) is 0 Å². The van der Waals surface area contributed by atoms with Crippen LogP contribution in [0, 0.1) is 0 Å². The van der Waals surface area contributed by atoms with Gasteiger partial charge in [0.2, 0.25) is 5.91 Å². The molecule has 2 aromatic carbocycles. The molecule has 1 unspecified atom stereocenters. The fourth-order valence-corrected chi connectivity index (χ4v) is 5.68. The first-order valence-corrected chi connectivity index (χ1v) is 12.2. The highest BCUT2D eigenvalue weighted by atomic mass is 35.5. The monoisotopic (exact) mass is 499 g/mol. The summed E-state index contributed by atoms with van der Waals surface area (Å²) in [6.45, 7) is -0.112. The number of primary amides is 1. The van der Waals surface area contributed by atoms with Crippen LogP contribution in [0.15, 0.2) is 46.3 Å². The summed E-state index contributed by atoms with van der Waals surface area (Å²) in [4.78, 5) is 16.0. The first kappa shape index (κ1) is 24.2. The first-order chi connectivity index (χ1) is 15.2. The molecule has 3 N–H and O–H groups in total. The average Bonchev–Trinajstić information content (AvgIpc) is 3.31.